The Balaban J connectivity index is 1.68. The van der Waals surface area contributed by atoms with Crippen molar-refractivity contribution in [3.8, 4) is 11.5 Å². The second-order valence-electron chi connectivity index (χ2n) is 7.45. The van der Waals surface area contributed by atoms with Crippen molar-refractivity contribution in [3.05, 3.63) is 94.6 Å². The summed E-state index contributed by atoms with van der Waals surface area (Å²) in [6.07, 6.45) is 0.565. The van der Waals surface area contributed by atoms with Crippen LogP contribution in [-0.2, 0) is 16.0 Å². The van der Waals surface area contributed by atoms with Crippen LogP contribution in [0, 0.1) is 0 Å². The average molecular weight is 463 g/mol. The van der Waals surface area contributed by atoms with Crippen LogP contribution in [0.5, 0.6) is 11.5 Å². The van der Waals surface area contributed by atoms with E-state index in [0.717, 1.165) is 5.56 Å². The van der Waals surface area contributed by atoms with Gasteiger partial charge in [-0.2, -0.15) is 0 Å². The predicted octanol–water partition coefficient (Wildman–Crippen LogP) is 4.79. The zero-order valence-electron chi connectivity index (χ0n) is 18.3. The maximum Gasteiger partial charge on any atom is 0.278 e. The van der Waals surface area contributed by atoms with Crippen LogP contribution in [0.1, 0.15) is 11.1 Å². The molecule has 0 radical (unpaired) electrons. The number of nitrogens with zero attached hydrogens (tertiary/aromatic N) is 1. The maximum atomic E-state index is 13.4. The third kappa shape index (κ3) is 4.71. The van der Waals surface area contributed by atoms with Gasteiger partial charge in [0.25, 0.3) is 11.8 Å². The lowest BCUT2D eigenvalue weighted by Crippen LogP contribution is -2.34. The van der Waals surface area contributed by atoms with Crippen molar-refractivity contribution < 1.29 is 19.1 Å². The lowest BCUT2D eigenvalue weighted by atomic mass is 10.0. The molecule has 168 valence electrons. The normalized spacial score (nSPS) is 13.5. The number of ether oxygens (including phenoxy) is 2. The summed E-state index contributed by atoms with van der Waals surface area (Å²) >= 11 is 6.26. The molecule has 7 heteroatoms. The molecule has 0 fully saturated rings. The van der Waals surface area contributed by atoms with E-state index in [4.69, 9.17) is 21.1 Å². The Labute approximate surface area is 197 Å². The Morgan fingerprint density at radius 3 is 2.24 bits per heavy atom. The fourth-order valence-electron chi connectivity index (χ4n) is 3.69. The van der Waals surface area contributed by atoms with Crippen molar-refractivity contribution in [2.45, 2.75) is 6.42 Å². The number of hydrogen-bond acceptors (Lipinski definition) is 5. The molecular weight excluding hydrogens is 440 g/mol. The highest BCUT2D eigenvalue weighted by Crippen LogP contribution is 2.33. The number of benzene rings is 3. The number of hydrogen-bond donors (Lipinski definition) is 1. The zero-order chi connectivity index (χ0) is 23.4. The van der Waals surface area contributed by atoms with Gasteiger partial charge in [0.15, 0.2) is 0 Å². The molecule has 0 aromatic heterocycles. The molecule has 0 bridgehead atoms. The van der Waals surface area contributed by atoms with Crippen molar-refractivity contribution in [1.29, 1.82) is 0 Å². The molecule has 2 amide bonds. The second kappa shape index (κ2) is 9.79. The van der Waals surface area contributed by atoms with E-state index in [-0.39, 0.29) is 24.1 Å². The van der Waals surface area contributed by atoms with Crippen LogP contribution in [0.15, 0.2) is 78.5 Å². The topological polar surface area (TPSA) is 67.9 Å². The molecule has 0 unspecified atom stereocenters. The number of imide groups is 1. The van der Waals surface area contributed by atoms with Crippen LogP contribution in [0.25, 0.3) is 5.57 Å². The van der Waals surface area contributed by atoms with Crippen LogP contribution < -0.4 is 14.8 Å². The molecule has 6 nitrogen and oxygen atoms in total. The SMILES string of the molecule is COc1ccc(C2=C(Nc3ccc(OC)c(Cl)c3)C(=O)N(CCc3ccccc3)C2=O)cc1. The van der Waals surface area contributed by atoms with Crippen molar-refractivity contribution in [3.63, 3.8) is 0 Å². The standard InChI is InChI=1S/C26H23ClN2O4/c1-32-20-11-8-18(9-12-20)23-24(28-19-10-13-22(33-2)21(27)16-19)26(31)29(25(23)30)15-14-17-6-4-3-5-7-17/h3-13,16,28H,14-15H2,1-2H3. The minimum Gasteiger partial charge on any atom is -0.497 e. The van der Waals surface area contributed by atoms with E-state index >= 15 is 0 Å². The largest absolute Gasteiger partial charge is 0.497 e. The fourth-order valence-corrected chi connectivity index (χ4v) is 3.95. The smallest absolute Gasteiger partial charge is 0.278 e. The molecule has 1 N–H and O–H groups in total. The third-order valence-electron chi connectivity index (χ3n) is 5.43. The van der Waals surface area contributed by atoms with E-state index in [1.54, 1.807) is 49.6 Å². The first-order chi connectivity index (χ1) is 16.0. The number of halogens is 1. The molecule has 3 aromatic carbocycles. The van der Waals surface area contributed by atoms with Gasteiger partial charge in [-0.3, -0.25) is 14.5 Å². The number of amides is 2. The third-order valence-corrected chi connectivity index (χ3v) is 5.73. The monoisotopic (exact) mass is 462 g/mol. The van der Waals surface area contributed by atoms with E-state index < -0.39 is 0 Å². The van der Waals surface area contributed by atoms with Crippen LogP contribution in [0.4, 0.5) is 5.69 Å². The van der Waals surface area contributed by atoms with E-state index in [1.807, 2.05) is 30.3 Å². The van der Waals surface area contributed by atoms with E-state index in [9.17, 15) is 9.59 Å². The van der Waals surface area contributed by atoms with Gasteiger partial charge in [-0.05, 0) is 47.9 Å². The predicted molar refractivity (Wildman–Crippen MR) is 128 cm³/mol. The molecular formula is C26H23ClN2O4. The Morgan fingerprint density at radius 1 is 0.879 bits per heavy atom. The number of rotatable bonds is 8. The molecule has 3 aromatic rings. The van der Waals surface area contributed by atoms with Gasteiger partial charge in [-0.15, -0.1) is 0 Å². The Kier molecular flexibility index (Phi) is 6.66. The van der Waals surface area contributed by atoms with E-state index in [1.165, 1.54) is 12.0 Å². The summed E-state index contributed by atoms with van der Waals surface area (Å²) in [6.45, 7) is 0.274. The van der Waals surface area contributed by atoms with Gasteiger partial charge in [0, 0.05) is 12.2 Å². The first-order valence-electron chi connectivity index (χ1n) is 10.4. The highest BCUT2D eigenvalue weighted by Gasteiger charge is 2.39. The second-order valence-corrected chi connectivity index (χ2v) is 7.86. The molecule has 33 heavy (non-hydrogen) atoms. The summed E-state index contributed by atoms with van der Waals surface area (Å²) in [7, 11) is 3.10. The van der Waals surface area contributed by atoms with Crippen molar-refractivity contribution in [2.75, 3.05) is 26.1 Å². The number of nitrogens with one attached hydrogen (secondary N) is 1. The lowest BCUT2D eigenvalue weighted by molar-refractivity contribution is -0.136. The molecule has 0 saturated carbocycles. The van der Waals surface area contributed by atoms with E-state index in [2.05, 4.69) is 5.32 Å². The van der Waals surface area contributed by atoms with Crippen molar-refractivity contribution in [1.82, 2.24) is 4.90 Å². The molecule has 1 aliphatic heterocycles. The Morgan fingerprint density at radius 2 is 1.61 bits per heavy atom. The Bertz CT molecular complexity index is 1210. The van der Waals surface area contributed by atoms with Crippen molar-refractivity contribution >= 4 is 34.7 Å². The summed E-state index contributed by atoms with van der Waals surface area (Å²) in [5.74, 6) is 0.454. The molecule has 0 aliphatic carbocycles. The Hall–Kier alpha value is -3.77. The lowest BCUT2D eigenvalue weighted by Gasteiger charge is -2.15. The summed E-state index contributed by atoms with van der Waals surface area (Å²) < 4.78 is 10.4. The van der Waals surface area contributed by atoms with Gasteiger partial charge in [0.2, 0.25) is 0 Å². The van der Waals surface area contributed by atoms with Gasteiger partial charge >= 0.3 is 0 Å². The molecule has 1 aliphatic rings. The fraction of sp³-hybridized carbons (Fsp3) is 0.154. The minimum absolute atomic E-state index is 0.208. The molecule has 0 atom stereocenters. The van der Waals surface area contributed by atoms with Gasteiger partial charge in [-0.25, -0.2) is 0 Å². The highest BCUT2D eigenvalue weighted by molar-refractivity contribution is 6.36. The van der Waals surface area contributed by atoms with Crippen LogP contribution >= 0.6 is 11.6 Å². The highest BCUT2D eigenvalue weighted by atomic mass is 35.5. The molecule has 4 rings (SSSR count). The number of anilines is 1. The first kappa shape index (κ1) is 22.4. The summed E-state index contributed by atoms with van der Waals surface area (Å²) in [5.41, 5.74) is 2.76. The van der Waals surface area contributed by atoms with Crippen molar-refractivity contribution in [2.24, 2.45) is 0 Å². The van der Waals surface area contributed by atoms with Gasteiger partial charge < -0.3 is 14.8 Å². The summed E-state index contributed by atoms with van der Waals surface area (Å²) in [5, 5.41) is 3.51. The average Bonchev–Trinajstić information content (AvgIpc) is 3.07. The quantitative estimate of drug-likeness (QED) is 0.487. The van der Waals surface area contributed by atoms with Crippen LogP contribution in [-0.4, -0.2) is 37.5 Å². The molecule has 0 spiro atoms. The van der Waals surface area contributed by atoms with Gasteiger partial charge in [0.1, 0.15) is 17.2 Å². The summed E-state index contributed by atoms with van der Waals surface area (Å²) in [6, 6.07) is 21.9. The first-order valence-corrected chi connectivity index (χ1v) is 10.8. The number of carbonyl (C=O) groups is 2. The molecule has 1 heterocycles. The number of carbonyl (C=O) groups excluding carboxylic acids is 2. The van der Waals surface area contributed by atoms with E-state index in [0.29, 0.717) is 39.8 Å². The summed E-state index contributed by atoms with van der Waals surface area (Å²) in [4.78, 5) is 28.0. The molecule has 0 saturated heterocycles. The maximum absolute atomic E-state index is 13.4. The van der Waals surface area contributed by atoms with Gasteiger partial charge in [-0.1, -0.05) is 54.1 Å². The minimum atomic E-state index is -0.381. The zero-order valence-corrected chi connectivity index (χ0v) is 19.1. The van der Waals surface area contributed by atoms with Gasteiger partial charge in [0.05, 0.1) is 24.8 Å². The number of methoxy groups -OCH3 is 2. The van der Waals surface area contributed by atoms with Crippen LogP contribution in [0.2, 0.25) is 5.02 Å². The van der Waals surface area contributed by atoms with Crippen LogP contribution in [0.3, 0.4) is 0 Å².